The van der Waals surface area contributed by atoms with Crippen molar-refractivity contribution < 1.29 is 12.9 Å². The van der Waals surface area contributed by atoms with Crippen molar-refractivity contribution >= 4 is 50.1 Å². The molecule has 4 rings (SSSR count). The van der Waals surface area contributed by atoms with Crippen LogP contribution in [0.4, 0.5) is 11.4 Å². The first-order valence-corrected chi connectivity index (χ1v) is 9.91. The zero-order valence-electron chi connectivity index (χ0n) is 12.3. The SMILES string of the molecule is O=C(c1ccc(Cl)cc1)[N+]1=S(=O)(c2cccs2)Nc2ccccc21. The molecule has 1 aromatic heterocycles. The first kappa shape index (κ1) is 15.4. The maximum absolute atomic E-state index is 13.7. The van der Waals surface area contributed by atoms with E-state index in [0.717, 1.165) is 0 Å². The van der Waals surface area contributed by atoms with Gasteiger partial charge in [0.25, 0.3) is 15.6 Å². The molecule has 120 valence electrons. The van der Waals surface area contributed by atoms with Crippen molar-refractivity contribution in [1.29, 1.82) is 0 Å². The fourth-order valence-electron chi connectivity index (χ4n) is 2.57. The summed E-state index contributed by atoms with van der Waals surface area (Å²) in [6.45, 7) is 0. The van der Waals surface area contributed by atoms with Crippen molar-refractivity contribution in [2.75, 3.05) is 4.72 Å². The number of thiophene rings is 1. The minimum atomic E-state index is -2.93. The van der Waals surface area contributed by atoms with Gasteiger partial charge in [-0.05, 0) is 47.8 Å². The van der Waals surface area contributed by atoms with E-state index in [2.05, 4.69) is 4.72 Å². The van der Waals surface area contributed by atoms with Crippen molar-refractivity contribution in [3.8, 4) is 0 Å². The number of hydrogen-bond donors (Lipinski definition) is 1. The number of rotatable bonds is 2. The number of fused-ring (bicyclic) bond motifs is 1. The van der Waals surface area contributed by atoms with Crippen LogP contribution in [-0.2, 0) is 9.92 Å². The summed E-state index contributed by atoms with van der Waals surface area (Å²) >= 11 is 7.26. The second-order valence-electron chi connectivity index (χ2n) is 5.18. The van der Waals surface area contributed by atoms with Gasteiger partial charge < -0.3 is 0 Å². The molecule has 1 aliphatic heterocycles. The number of nitrogens with zero attached hydrogens (tertiary/aromatic N) is 1. The van der Waals surface area contributed by atoms with Crippen molar-refractivity contribution in [3.63, 3.8) is 0 Å². The molecular formula is C17H12ClN2O2S2+. The summed E-state index contributed by atoms with van der Waals surface area (Å²) in [6.07, 6.45) is 0. The minimum Gasteiger partial charge on any atom is -0.255 e. The second-order valence-corrected chi connectivity index (χ2v) is 8.89. The molecule has 7 heteroatoms. The Labute approximate surface area is 148 Å². The Balaban J connectivity index is 1.98. The average molecular weight is 376 g/mol. The Kier molecular flexibility index (Phi) is 3.68. The van der Waals surface area contributed by atoms with E-state index in [9.17, 15) is 9.00 Å². The minimum absolute atomic E-state index is 0.331. The van der Waals surface area contributed by atoms with Gasteiger partial charge in [-0.1, -0.05) is 27.7 Å². The number of carbonyl (C=O) groups excluding carboxylic acids is 1. The van der Waals surface area contributed by atoms with Gasteiger partial charge in [0.2, 0.25) is 0 Å². The predicted molar refractivity (Wildman–Crippen MR) is 96.5 cm³/mol. The summed E-state index contributed by atoms with van der Waals surface area (Å²) in [5.74, 6) is -0.331. The van der Waals surface area contributed by atoms with Crippen LogP contribution >= 0.6 is 22.9 Å². The zero-order chi connectivity index (χ0) is 16.7. The lowest BCUT2D eigenvalue weighted by Gasteiger charge is -2.02. The molecule has 0 bridgehead atoms. The van der Waals surface area contributed by atoms with E-state index < -0.39 is 9.92 Å². The fourth-order valence-corrected chi connectivity index (χ4v) is 6.06. The van der Waals surface area contributed by atoms with Crippen LogP contribution < -0.4 is 4.72 Å². The molecule has 3 aromatic rings. The van der Waals surface area contributed by atoms with Gasteiger partial charge in [-0.15, -0.1) is 11.3 Å². The second kappa shape index (κ2) is 5.73. The van der Waals surface area contributed by atoms with Crippen LogP contribution in [0.5, 0.6) is 0 Å². The standard InChI is InChI=1S/C17H11ClN2O2S2/c18-13-9-7-12(8-10-13)17(21)20-15-5-2-1-4-14(15)19-24(20,22)16-6-3-11-23-16/h1-11H/p+1. The first-order valence-electron chi connectivity index (χ1n) is 7.14. The van der Waals surface area contributed by atoms with Crippen LogP contribution in [0.2, 0.25) is 5.02 Å². The largest absolute Gasteiger partial charge is 0.435 e. The zero-order valence-corrected chi connectivity index (χ0v) is 14.7. The Hall–Kier alpha value is -2.15. The number of carbonyl (C=O) groups is 1. The predicted octanol–water partition coefficient (Wildman–Crippen LogP) is 4.75. The summed E-state index contributed by atoms with van der Waals surface area (Å²) in [4.78, 5) is 13.1. The number of benzene rings is 2. The molecule has 0 saturated heterocycles. The Bertz CT molecular complexity index is 1050. The molecule has 2 aromatic carbocycles. The van der Waals surface area contributed by atoms with Gasteiger partial charge in [0, 0.05) is 11.1 Å². The molecule has 1 unspecified atom stereocenters. The lowest BCUT2D eigenvalue weighted by molar-refractivity contribution is -0.307. The van der Waals surface area contributed by atoms with Crippen molar-refractivity contribution in [3.05, 3.63) is 76.6 Å². The summed E-state index contributed by atoms with van der Waals surface area (Å²) in [5, 5.41) is 2.39. The van der Waals surface area contributed by atoms with Crippen LogP contribution in [0.15, 0.2) is 70.3 Å². The first-order chi connectivity index (χ1) is 11.6. The molecule has 4 nitrogen and oxygen atoms in total. The number of nitrogens with one attached hydrogen (secondary N) is 1. The Morgan fingerprint density at radius 3 is 2.50 bits per heavy atom. The monoisotopic (exact) mass is 375 g/mol. The van der Waals surface area contributed by atoms with Gasteiger partial charge >= 0.3 is 5.91 Å². The number of para-hydroxylation sites is 2. The summed E-state index contributed by atoms with van der Waals surface area (Å²) in [5.41, 5.74) is 1.72. The average Bonchev–Trinajstić information content (AvgIpc) is 3.21. The Morgan fingerprint density at radius 2 is 1.79 bits per heavy atom. The number of amides is 1. The lowest BCUT2D eigenvalue weighted by atomic mass is 10.2. The number of anilines is 1. The van der Waals surface area contributed by atoms with E-state index in [0.29, 0.717) is 26.2 Å². The normalized spacial score (nSPS) is 19.0. The molecule has 1 aliphatic rings. The molecule has 0 aliphatic carbocycles. The van der Waals surface area contributed by atoms with Gasteiger partial charge in [0.05, 0.1) is 5.56 Å². The van der Waals surface area contributed by atoms with Gasteiger partial charge in [0.1, 0.15) is 5.69 Å². The smallest absolute Gasteiger partial charge is 0.255 e. The van der Waals surface area contributed by atoms with E-state index >= 15 is 0 Å². The molecule has 1 amide bonds. The van der Waals surface area contributed by atoms with Gasteiger partial charge in [-0.3, -0.25) is 4.72 Å². The molecule has 1 N–H and O–H groups in total. The van der Waals surface area contributed by atoms with Gasteiger partial charge in [-0.2, -0.15) is 4.21 Å². The third-order valence-corrected chi connectivity index (χ3v) is 7.61. The molecule has 2 heterocycles. The molecule has 0 saturated carbocycles. The van der Waals surface area contributed by atoms with Crippen molar-refractivity contribution in [1.82, 2.24) is 0 Å². The van der Waals surface area contributed by atoms with Crippen LogP contribution in [0, 0.1) is 0 Å². The quantitative estimate of drug-likeness (QED) is 0.657. The number of halogens is 1. The maximum atomic E-state index is 13.7. The van der Waals surface area contributed by atoms with E-state index in [-0.39, 0.29) is 5.91 Å². The molecule has 0 fully saturated rings. The fraction of sp³-hybridized carbons (Fsp3) is 0. The molecule has 1 atom stereocenters. The summed E-state index contributed by atoms with van der Waals surface area (Å²) in [7, 11) is -2.93. The van der Waals surface area contributed by atoms with Gasteiger partial charge in [-0.25, -0.2) is 4.79 Å². The third kappa shape index (κ3) is 2.34. The summed E-state index contributed by atoms with van der Waals surface area (Å²) in [6, 6.07) is 17.4. The van der Waals surface area contributed by atoms with Crippen LogP contribution in [0.1, 0.15) is 10.4 Å². The molecular weight excluding hydrogens is 364 g/mol. The molecule has 0 radical (unpaired) electrons. The van der Waals surface area contributed by atoms with E-state index in [1.165, 1.54) is 15.3 Å². The highest BCUT2D eigenvalue weighted by molar-refractivity contribution is 7.95. The van der Waals surface area contributed by atoms with E-state index in [4.69, 9.17) is 11.6 Å². The topological polar surface area (TPSA) is 49.2 Å². The van der Waals surface area contributed by atoms with Crippen LogP contribution in [0.3, 0.4) is 0 Å². The Morgan fingerprint density at radius 1 is 1.04 bits per heavy atom. The molecule has 24 heavy (non-hydrogen) atoms. The summed E-state index contributed by atoms with van der Waals surface area (Å²) < 4.78 is 18.7. The third-order valence-electron chi connectivity index (χ3n) is 3.67. The highest BCUT2D eigenvalue weighted by Gasteiger charge is 2.42. The van der Waals surface area contributed by atoms with Gasteiger partial charge in [0.15, 0.2) is 4.21 Å². The van der Waals surface area contributed by atoms with Crippen LogP contribution in [-0.4, -0.2) is 14.1 Å². The lowest BCUT2D eigenvalue weighted by Crippen LogP contribution is -2.23. The van der Waals surface area contributed by atoms with Crippen molar-refractivity contribution in [2.24, 2.45) is 0 Å². The number of hydrogen-bond acceptors (Lipinski definition) is 3. The van der Waals surface area contributed by atoms with Crippen molar-refractivity contribution in [2.45, 2.75) is 4.21 Å². The maximum Gasteiger partial charge on any atom is 0.435 e. The molecule has 0 spiro atoms. The van der Waals surface area contributed by atoms with E-state index in [1.807, 2.05) is 29.6 Å². The highest BCUT2D eigenvalue weighted by atomic mass is 35.5. The van der Waals surface area contributed by atoms with E-state index in [1.54, 1.807) is 36.4 Å². The van der Waals surface area contributed by atoms with Crippen LogP contribution in [0.25, 0.3) is 0 Å². The highest BCUT2D eigenvalue weighted by Crippen LogP contribution is 2.38.